The molecule has 1 aromatic carbocycles. The van der Waals surface area contributed by atoms with Crippen LogP contribution in [0.3, 0.4) is 0 Å². The fourth-order valence-electron chi connectivity index (χ4n) is 6.64. The molecule has 52 heavy (non-hydrogen) atoms. The van der Waals surface area contributed by atoms with E-state index in [1.807, 2.05) is 24.3 Å². The molecular weight excluding hydrogens is 905 g/mol. The van der Waals surface area contributed by atoms with Crippen molar-refractivity contribution in [1.29, 1.82) is 0 Å². The highest BCUT2D eigenvalue weighted by Gasteiger charge is 2.29. The maximum absolute atomic E-state index is 16.5. The van der Waals surface area contributed by atoms with E-state index in [1.165, 1.54) is 35.5 Å². The monoisotopic (exact) mass is 942 g/mol. The van der Waals surface area contributed by atoms with Gasteiger partial charge in [0.15, 0.2) is 11.6 Å². The topological polar surface area (TPSA) is 25.8 Å². The third-order valence-electron chi connectivity index (χ3n) is 9.66. The number of rotatable bonds is 16. The van der Waals surface area contributed by atoms with Crippen LogP contribution in [0.15, 0.2) is 44.0 Å². The zero-order chi connectivity index (χ0) is 37.1. The summed E-state index contributed by atoms with van der Waals surface area (Å²) >= 11 is 26.9. The second-order valence-corrected chi connectivity index (χ2v) is 21.2. The van der Waals surface area contributed by atoms with Crippen molar-refractivity contribution in [3.8, 4) is 42.0 Å². The number of fused-ring (bicyclic) bond motifs is 1. The van der Waals surface area contributed by atoms with Gasteiger partial charge in [0.25, 0.3) is 0 Å². The molecule has 6 aromatic rings. The summed E-state index contributed by atoms with van der Waals surface area (Å²) in [7, 11) is 0. The van der Waals surface area contributed by atoms with E-state index in [9.17, 15) is 0 Å². The van der Waals surface area contributed by atoms with E-state index in [1.54, 1.807) is 34.8 Å². The highest BCUT2D eigenvalue weighted by Crippen LogP contribution is 2.48. The lowest BCUT2D eigenvalue weighted by molar-refractivity contribution is 0.452. The van der Waals surface area contributed by atoms with E-state index >= 15 is 8.78 Å². The smallest absolute Gasteiger partial charge is 0.170 e. The Morgan fingerprint density at radius 2 is 1.02 bits per heavy atom. The molecule has 5 aromatic heterocycles. The van der Waals surface area contributed by atoms with Crippen LogP contribution in [0.4, 0.5) is 8.78 Å². The fraction of sp³-hybridized carbons (Fsp3) is 0.400. The minimum absolute atomic E-state index is 0.1000. The van der Waals surface area contributed by atoms with Crippen molar-refractivity contribution in [1.82, 2.24) is 9.97 Å². The summed E-state index contributed by atoms with van der Waals surface area (Å²) in [6, 6.07) is 11.2. The molecule has 0 fully saturated rings. The predicted octanol–water partition coefficient (Wildman–Crippen LogP) is 17.2. The summed E-state index contributed by atoms with van der Waals surface area (Å²) < 4.78 is 34.6. The van der Waals surface area contributed by atoms with Gasteiger partial charge >= 0.3 is 0 Å². The Labute approximate surface area is 348 Å². The van der Waals surface area contributed by atoms with Gasteiger partial charge in [0.2, 0.25) is 0 Å². The number of hydrogen-bond donors (Lipinski definition) is 0. The van der Waals surface area contributed by atoms with E-state index in [2.05, 4.69) is 59.6 Å². The number of nitrogens with zero attached hydrogens (tertiary/aromatic N) is 2. The maximum Gasteiger partial charge on any atom is 0.170 e. The first-order valence-electron chi connectivity index (χ1n) is 17.9. The van der Waals surface area contributed by atoms with Crippen LogP contribution in [-0.2, 0) is 12.8 Å². The largest absolute Gasteiger partial charge is 0.242 e. The van der Waals surface area contributed by atoms with Gasteiger partial charge in [0, 0.05) is 19.5 Å². The molecule has 5 heterocycles. The summed E-state index contributed by atoms with van der Waals surface area (Å²) in [5.74, 6) is -0.838. The number of benzene rings is 1. The Balaban J connectivity index is 1.62. The third-order valence-corrected chi connectivity index (χ3v) is 16.2. The molecule has 0 radical (unpaired) electrons. The summed E-state index contributed by atoms with van der Waals surface area (Å²) in [4.78, 5) is 15.6. The number of aromatic nitrogens is 2. The van der Waals surface area contributed by atoms with E-state index < -0.39 is 11.6 Å². The highest BCUT2D eigenvalue weighted by molar-refractivity contribution is 9.11. The summed E-state index contributed by atoms with van der Waals surface area (Å²) in [6.07, 6.45) is 10.9. The van der Waals surface area contributed by atoms with E-state index in [4.69, 9.17) is 33.2 Å². The molecule has 6 rings (SSSR count). The molecule has 0 aliphatic heterocycles. The van der Waals surface area contributed by atoms with Gasteiger partial charge in [-0.1, -0.05) is 102 Å². The molecule has 2 atom stereocenters. The van der Waals surface area contributed by atoms with Crippen LogP contribution in [0.1, 0.15) is 88.8 Å². The Morgan fingerprint density at radius 3 is 1.35 bits per heavy atom. The third kappa shape index (κ3) is 8.75. The minimum Gasteiger partial charge on any atom is -0.242 e. The number of unbranched alkanes of at least 4 members (excludes halogenated alkanes) is 2. The lowest BCUT2D eigenvalue weighted by Crippen LogP contribution is -2.02. The van der Waals surface area contributed by atoms with Crippen molar-refractivity contribution in [3.05, 3.63) is 75.4 Å². The quantitative estimate of drug-likeness (QED) is 0.0966. The Morgan fingerprint density at radius 1 is 0.615 bits per heavy atom. The van der Waals surface area contributed by atoms with Crippen molar-refractivity contribution in [2.75, 3.05) is 0 Å². The van der Waals surface area contributed by atoms with Gasteiger partial charge in [-0.3, -0.25) is 0 Å². The Bertz CT molecular complexity index is 2020. The lowest BCUT2D eigenvalue weighted by Gasteiger charge is -2.15. The molecule has 0 bridgehead atoms. The zero-order valence-corrected chi connectivity index (χ0v) is 37.4. The first-order chi connectivity index (χ1) is 25.1. The van der Waals surface area contributed by atoms with Gasteiger partial charge in [0.05, 0.1) is 38.5 Å². The predicted molar refractivity (Wildman–Crippen MR) is 232 cm³/mol. The number of hydrogen-bond acceptors (Lipinski definition) is 6. The van der Waals surface area contributed by atoms with Crippen molar-refractivity contribution in [3.63, 3.8) is 0 Å². The maximum atomic E-state index is 16.5. The van der Waals surface area contributed by atoms with Crippen molar-refractivity contribution < 1.29 is 8.78 Å². The minimum atomic E-state index is -0.944. The molecule has 0 saturated carbocycles. The molecular formula is C40H40Br2Cl2F2N2S4. The molecule has 12 heteroatoms. The van der Waals surface area contributed by atoms with Crippen LogP contribution in [0.5, 0.6) is 0 Å². The van der Waals surface area contributed by atoms with E-state index in [0.717, 1.165) is 78.4 Å². The fourth-order valence-corrected chi connectivity index (χ4v) is 12.5. The van der Waals surface area contributed by atoms with Gasteiger partial charge in [0.1, 0.15) is 22.4 Å². The number of halogens is 6. The van der Waals surface area contributed by atoms with Crippen LogP contribution < -0.4 is 0 Å². The van der Waals surface area contributed by atoms with Gasteiger partial charge < -0.3 is 0 Å². The second kappa shape index (κ2) is 18.1. The Hall–Kier alpha value is -1.24. The number of thiophene rings is 4. The second-order valence-electron chi connectivity index (χ2n) is 13.2. The van der Waals surface area contributed by atoms with Crippen molar-refractivity contribution >= 4 is 111 Å². The van der Waals surface area contributed by atoms with Gasteiger partial charge in [-0.05, 0) is 92.9 Å². The van der Waals surface area contributed by atoms with Crippen LogP contribution in [0.2, 0.25) is 10.0 Å². The first kappa shape index (κ1) is 40.4. The molecule has 2 nitrogen and oxygen atoms in total. The van der Waals surface area contributed by atoms with E-state index in [-0.39, 0.29) is 11.1 Å². The van der Waals surface area contributed by atoms with Crippen LogP contribution in [0, 0.1) is 23.5 Å². The summed E-state index contributed by atoms with van der Waals surface area (Å²) in [5, 5.41) is 1.40. The normalized spacial score (nSPS) is 13.0. The summed E-state index contributed by atoms with van der Waals surface area (Å²) in [6.45, 7) is 8.92. The van der Waals surface area contributed by atoms with Gasteiger partial charge in [-0.2, -0.15) is 0 Å². The average Bonchev–Trinajstić information content (AvgIpc) is 3.93. The lowest BCUT2D eigenvalue weighted by atomic mass is 9.95. The molecule has 276 valence electrons. The average molecular weight is 946 g/mol. The molecule has 0 amide bonds. The summed E-state index contributed by atoms with van der Waals surface area (Å²) in [5.41, 5.74) is 2.00. The standard InChI is InChI=1S/C40H40Br2Cl2F2N2S4/c1-5-9-11-21(7-3)17-27-23(43)19-29(49-27)37-38(30-20-24(44)28(50-30)18-22(8-4)12-10-6-2)48-40-34(26-14-16-32(42)52-26)36(46)35(45)33(39(40)47-37)25-13-15-31(41)51-25/h13-16,19-22H,5-12,17-18H2,1-4H3. The Kier molecular flexibility index (Phi) is 14.1. The highest BCUT2D eigenvalue weighted by atomic mass is 79.9. The van der Waals surface area contributed by atoms with Crippen molar-refractivity contribution in [2.24, 2.45) is 11.8 Å². The molecule has 0 spiro atoms. The molecule has 0 aliphatic carbocycles. The first-order valence-corrected chi connectivity index (χ1v) is 23.5. The van der Waals surface area contributed by atoms with Crippen LogP contribution in [0.25, 0.3) is 53.1 Å². The SMILES string of the molecule is CCCCC(CC)Cc1sc(-c2nc3c(-c4ccc(Br)s4)c(F)c(F)c(-c4ccc(Br)s4)c3nc2-c2cc(Cl)c(CC(CC)CCCC)s2)cc1Cl. The molecule has 0 N–H and O–H groups in total. The van der Waals surface area contributed by atoms with Gasteiger partial charge in [-0.15, -0.1) is 45.3 Å². The zero-order valence-electron chi connectivity index (χ0n) is 29.5. The van der Waals surface area contributed by atoms with Gasteiger partial charge in [-0.25, -0.2) is 18.7 Å². The van der Waals surface area contributed by atoms with Crippen LogP contribution >= 0.6 is 100 Å². The van der Waals surface area contributed by atoms with Crippen LogP contribution in [-0.4, -0.2) is 9.97 Å². The molecule has 0 aliphatic rings. The molecule has 0 saturated heterocycles. The van der Waals surface area contributed by atoms with Crippen molar-refractivity contribution in [2.45, 2.75) is 91.9 Å². The van der Waals surface area contributed by atoms with E-state index in [0.29, 0.717) is 54.1 Å². The molecule has 2 unspecified atom stereocenters.